The number of halogens is 3. The summed E-state index contributed by atoms with van der Waals surface area (Å²) >= 11 is 0. The number of benzene rings is 1. The summed E-state index contributed by atoms with van der Waals surface area (Å²) in [5.41, 5.74) is -0.679. The number of esters is 1. The van der Waals surface area contributed by atoms with Crippen LogP contribution in [0.25, 0.3) is 0 Å². The number of ether oxygens (including phenoxy) is 1. The van der Waals surface area contributed by atoms with Crippen LogP contribution in [0.3, 0.4) is 0 Å². The molecule has 1 unspecified atom stereocenters. The molecule has 0 N–H and O–H groups in total. The molecule has 6 heteroatoms. The number of Topliss-reactive ketones (excluding diaryl/α,β-unsaturated/α-hetero) is 1. The van der Waals surface area contributed by atoms with E-state index in [1.165, 1.54) is 6.92 Å². The smallest absolute Gasteiger partial charge is 0.316 e. The van der Waals surface area contributed by atoms with E-state index in [0.29, 0.717) is 6.07 Å². The van der Waals surface area contributed by atoms with Crippen LogP contribution >= 0.6 is 0 Å². The van der Waals surface area contributed by atoms with Crippen molar-refractivity contribution in [2.24, 2.45) is 5.92 Å². The molecule has 0 aliphatic heterocycles. The third-order valence-electron chi connectivity index (χ3n) is 2.25. The van der Waals surface area contributed by atoms with Gasteiger partial charge in [-0.1, -0.05) is 0 Å². The second-order valence-corrected chi connectivity index (χ2v) is 3.33. The van der Waals surface area contributed by atoms with Gasteiger partial charge in [-0.25, -0.2) is 13.2 Å². The van der Waals surface area contributed by atoms with Gasteiger partial charge in [0.2, 0.25) is 0 Å². The predicted molar refractivity (Wildman–Crippen MR) is 51.8 cm³/mol. The summed E-state index contributed by atoms with van der Waals surface area (Å²) < 4.78 is 43.1. The number of carbonyl (C=O) groups is 2. The summed E-state index contributed by atoms with van der Waals surface area (Å²) in [7, 11) is 1.06. The highest BCUT2D eigenvalue weighted by Crippen LogP contribution is 2.18. The third-order valence-corrected chi connectivity index (χ3v) is 2.25. The molecule has 1 atom stereocenters. The molecule has 1 rings (SSSR count). The van der Waals surface area contributed by atoms with Crippen molar-refractivity contribution >= 4 is 11.8 Å². The van der Waals surface area contributed by atoms with Gasteiger partial charge in [0, 0.05) is 0 Å². The van der Waals surface area contributed by atoms with Gasteiger partial charge in [0.05, 0.1) is 12.7 Å². The van der Waals surface area contributed by atoms with E-state index in [-0.39, 0.29) is 0 Å². The molecule has 0 saturated carbocycles. The standard InChI is InChI=1S/C11H9F3O3/c1-5(11(16)17-2)10(15)6-3-4-7(12)9(14)8(6)13/h3-5H,1-2H3. The lowest BCUT2D eigenvalue weighted by atomic mass is 9.99. The first-order chi connectivity index (χ1) is 7.90. The lowest BCUT2D eigenvalue weighted by Crippen LogP contribution is -2.23. The fraction of sp³-hybridized carbons (Fsp3) is 0.273. The highest BCUT2D eigenvalue weighted by molar-refractivity contribution is 6.08. The molecular formula is C11H9F3O3. The third kappa shape index (κ3) is 2.46. The Morgan fingerprint density at radius 1 is 1.18 bits per heavy atom. The van der Waals surface area contributed by atoms with Crippen molar-refractivity contribution in [2.45, 2.75) is 6.92 Å². The second kappa shape index (κ2) is 4.99. The number of hydrogen-bond acceptors (Lipinski definition) is 3. The average molecular weight is 246 g/mol. The normalized spacial score (nSPS) is 12.1. The SMILES string of the molecule is COC(=O)C(C)C(=O)c1ccc(F)c(F)c1F. The van der Waals surface area contributed by atoms with Gasteiger partial charge in [0.25, 0.3) is 0 Å². The molecule has 0 amide bonds. The lowest BCUT2D eigenvalue weighted by molar-refractivity contribution is -0.143. The summed E-state index contributed by atoms with van der Waals surface area (Å²) in [6, 6.07) is 1.41. The molecular weight excluding hydrogens is 237 g/mol. The quantitative estimate of drug-likeness (QED) is 0.355. The van der Waals surface area contributed by atoms with E-state index in [9.17, 15) is 22.8 Å². The number of ketones is 1. The number of carbonyl (C=O) groups excluding carboxylic acids is 2. The van der Waals surface area contributed by atoms with Gasteiger partial charge < -0.3 is 4.74 Å². The van der Waals surface area contributed by atoms with Crippen LogP contribution in [0.15, 0.2) is 12.1 Å². The molecule has 1 aromatic rings. The number of methoxy groups -OCH3 is 1. The first-order valence-electron chi connectivity index (χ1n) is 4.65. The number of hydrogen-bond donors (Lipinski definition) is 0. The van der Waals surface area contributed by atoms with E-state index in [1.807, 2.05) is 0 Å². The zero-order valence-electron chi connectivity index (χ0n) is 9.09. The van der Waals surface area contributed by atoms with Crippen molar-refractivity contribution in [1.82, 2.24) is 0 Å². The summed E-state index contributed by atoms with van der Waals surface area (Å²) in [5.74, 6) is -7.87. The van der Waals surface area contributed by atoms with Crippen LogP contribution in [0, 0.1) is 23.4 Å². The van der Waals surface area contributed by atoms with E-state index >= 15 is 0 Å². The van der Waals surface area contributed by atoms with Crippen LogP contribution in [0.2, 0.25) is 0 Å². The van der Waals surface area contributed by atoms with Gasteiger partial charge in [-0.05, 0) is 19.1 Å². The fourth-order valence-electron chi connectivity index (χ4n) is 1.23. The van der Waals surface area contributed by atoms with Gasteiger partial charge in [-0.2, -0.15) is 0 Å². The summed E-state index contributed by atoms with van der Waals surface area (Å²) in [6.07, 6.45) is 0. The molecule has 0 aliphatic rings. The van der Waals surface area contributed by atoms with Crippen molar-refractivity contribution < 1.29 is 27.5 Å². The van der Waals surface area contributed by atoms with Crippen LogP contribution in [0.1, 0.15) is 17.3 Å². The molecule has 0 aliphatic carbocycles. The summed E-state index contributed by atoms with van der Waals surface area (Å²) in [4.78, 5) is 22.7. The zero-order chi connectivity index (χ0) is 13.2. The Kier molecular flexibility index (Phi) is 3.88. The molecule has 0 bridgehead atoms. The van der Waals surface area contributed by atoms with E-state index in [1.54, 1.807) is 0 Å². The highest BCUT2D eigenvalue weighted by Gasteiger charge is 2.27. The molecule has 1 aromatic carbocycles. The van der Waals surface area contributed by atoms with E-state index in [4.69, 9.17) is 0 Å². The van der Waals surface area contributed by atoms with Crippen molar-refractivity contribution in [3.8, 4) is 0 Å². The minimum absolute atomic E-state index is 0.621. The molecule has 0 spiro atoms. The Morgan fingerprint density at radius 3 is 2.29 bits per heavy atom. The Balaban J connectivity index is 3.14. The first kappa shape index (κ1) is 13.2. The molecule has 0 radical (unpaired) electrons. The Morgan fingerprint density at radius 2 is 1.76 bits per heavy atom. The minimum Gasteiger partial charge on any atom is -0.468 e. The maximum Gasteiger partial charge on any atom is 0.316 e. The second-order valence-electron chi connectivity index (χ2n) is 3.33. The molecule has 3 nitrogen and oxygen atoms in total. The number of rotatable bonds is 3. The molecule has 0 saturated heterocycles. The molecule has 0 heterocycles. The molecule has 0 fully saturated rings. The van der Waals surface area contributed by atoms with E-state index < -0.39 is 40.7 Å². The topological polar surface area (TPSA) is 43.4 Å². The van der Waals surface area contributed by atoms with Gasteiger partial charge >= 0.3 is 5.97 Å². The maximum absolute atomic E-state index is 13.3. The molecule has 17 heavy (non-hydrogen) atoms. The van der Waals surface area contributed by atoms with Crippen LogP contribution in [0.5, 0.6) is 0 Å². The Bertz CT molecular complexity index is 471. The van der Waals surface area contributed by atoms with Crippen molar-refractivity contribution in [3.05, 3.63) is 35.1 Å². The van der Waals surface area contributed by atoms with Crippen molar-refractivity contribution in [3.63, 3.8) is 0 Å². The average Bonchev–Trinajstić information content (AvgIpc) is 2.33. The van der Waals surface area contributed by atoms with Crippen LogP contribution in [-0.2, 0) is 9.53 Å². The predicted octanol–water partition coefficient (Wildman–Crippen LogP) is 2.10. The van der Waals surface area contributed by atoms with Gasteiger partial charge in [-0.3, -0.25) is 9.59 Å². The minimum atomic E-state index is -1.74. The van der Waals surface area contributed by atoms with Gasteiger partial charge in [0.1, 0.15) is 5.92 Å². The highest BCUT2D eigenvalue weighted by atomic mass is 19.2. The summed E-state index contributed by atoms with van der Waals surface area (Å²) in [6.45, 7) is 1.19. The van der Waals surface area contributed by atoms with E-state index in [0.717, 1.165) is 13.2 Å². The van der Waals surface area contributed by atoms with Crippen LogP contribution < -0.4 is 0 Å². The largest absolute Gasteiger partial charge is 0.468 e. The van der Waals surface area contributed by atoms with E-state index in [2.05, 4.69) is 4.74 Å². The Labute approximate surface area is 95.2 Å². The van der Waals surface area contributed by atoms with Crippen molar-refractivity contribution in [2.75, 3.05) is 7.11 Å². The zero-order valence-corrected chi connectivity index (χ0v) is 9.09. The summed E-state index contributed by atoms with van der Waals surface area (Å²) in [5, 5.41) is 0. The van der Waals surface area contributed by atoms with Gasteiger partial charge in [0.15, 0.2) is 23.2 Å². The first-order valence-corrected chi connectivity index (χ1v) is 4.65. The molecule has 92 valence electrons. The lowest BCUT2D eigenvalue weighted by Gasteiger charge is -2.09. The maximum atomic E-state index is 13.3. The molecule has 0 aromatic heterocycles. The fourth-order valence-corrected chi connectivity index (χ4v) is 1.23. The Hall–Kier alpha value is -1.85. The van der Waals surface area contributed by atoms with Crippen LogP contribution in [-0.4, -0.2) is 18.9 Å². The van der Waals surface area contributed by atoms with Crippen molar-refractivity contribution in [1.29, 1.82) is 0 Å². The monoisotopic (exact) mass is 246 g/mol. The van der Waals surface area contributed by atoms with Gasteiger partial charge in [-0.15, -0.1) is 0 Å². The van der Waals surface area contributed by atoms with Crippen LogP contribution in [0.4, 0.5) is 13.2 Å².